The number of carbonyl (C=O) groups is 2. The molecule has 3 amide bonds. The molecule has 2 aliphatic heterocycles. The Morgan fingerprint density at radius 2 is 1.68 bits per heavy atom. The van der Waals surface area contributed by atoms with Gasteiger partial charge in [-0.2, -0.15) is 0 Å². The zero-order valence-corrected chi connectivity index (χ0v) is 24.6. The molecule has 2 N–H and O–H groups in total. The molecule has 4 aromatic rings. The van der Waals surface area contributed by atoms with Gasteiger partial charge in [0.25, 0.3) is 5.91 Å². The lowest BCUT2D eigenvalue weighted by molar-refractivity contribution is 0.0765. The van der Waals surface area contributed by atoms with Crippen molar-refractivity contribution >= 4 is 29.1 Å². The van der Waals surface area contributed by atoms with Crippen molar-refractivity contribution in [2.45, 2.75) is 32.5 Å². The molecule has 44 heavy (non-hydrogen) atoms. The van der Waals surface area contributed by atoms with Crippen LogP contribution >= 0.6 is 0 Å². The predicted molar refractivity (Wildman–Crippen MR) is 160 cm³/mol. The average Bonchev–Trinajstić information content (AvgIpc) is 3.46. The number of halogens is 2. The van der Waals surface area contributed by atoms with Crippen molar-refractivity contribution in [2.75, 3.05) is 31.0 Å². The van der Waals surface area contributed by atoms with Crippen LogP contribution in [0, 0.1) is 11.6 Å². The van der Waals surface area contributed by atoms with Gasteiger partial charge in [-0.25, -0.2) is 23.5 Å². The Bertz CT molecular complexity index is 1760. The maximum Gasteiger partial charge on any atom is 0.322 e. The maximum absolute atomic E-state index is 14.8. The van der Waals surface area contributed by atoms with Crippen LogP contribution in [0.25, 0.3) is 11.4 Å². The van der Waals surface area contributed by atoms with E-state index in [0.717, 1.165) is 17.7 Å². The summed E-state index contributed by atoms with van der Waals surface area (Å²) in [6, 6.07) is 15.7. The second-order valence-electron chi connectivity index (χ2n) is 11.2. The van der Waals surface area contributed by atoms with E-state index in [9.17, 15) is 18.4 Å². The number of hydrogen-bond acceptors (Lipinski definition) is 7. The van der Waals surface area contributed by atoms with Crippen molar-refractivity contribution in [2.24, 2.45) is 0 Å². The number of nitrogens with zero attached hydrogens (tertiary/aromatic N) is 4. The number of fused-ring (bicyclic) bond motifs is 1. The number of amides is 3. The van der Waals surface area contributed by atoms with E-state index in [1.54, 1.807) is 53.3 Å². The first kappa shape index (κ1) is 28.8. The molecule has 3 heterocycles. The van der Waals surface area contributed by atoms with Crippen molar-refractivity contribution in [3.05, 3.63) is 89.1 Å². The third kappa shape index (κ3) is 5.34. The Morgan fingerprint density at radius 3 is 2.32 bits per heavy atom. The summed E-state index contributed by atoms with van der Waals surface area (Å²) in [6.45, 7) is 4.66. The molecular formula is C32H30F2N6O4. The highest BCUT2D eigenvalue weighted by Crippen LogP contribution is 2.35. The highest BCUT2D eigenvalue weighted by molar-refractivity contribution is 6.03. The predicted octanol–water partition coefficient (Wildman–Crippen LogP) is 5.65. The first-order chi connectivity index (χ1) is 21.1. The van der Waals surface area contributed by atoms with Crippen LogP contribution in [-0.4, -0.2) is 53.1 Å². The van der Waals surface area contributed by atoms with E-state index in [4.69, 9.17) is 9.47 Å². The largest absolute Gasteiger partial charge is 0.497 e. The third-order valence-electron chi connectivity index (χ3n) is 7.55. The van der Waals surface area contributed by atoms with Crippen molar-refractivity contribution in [1.82, 2.24) is 20.2 Å². The highest BCUT2D eigenvalue weighted by Gasteiger charge is 2.36. The van der Waals surface area contributed by atoms with Gasteiger partial charge in [-0.05, 0) is 62.4 Å². The van der Waals surface area contributed by atoms with Gasteiger partial charge in [-0.3, -0.25) is 9.69 Å². The third-order valence-corrected chi connectivity index (χ3v) is 7.55. The average molecular weight is 601 g/mol. The Labute approximate surface area is 252 Å². The number of nitrogens with one attached hydrogen (secondary N) is 2. The summed E-state index contributed by atoms with van der Waals surface area (Å²) in [4.78, 5) is 38.3. The van der Waals surface area contributed by atoms with Crippen molar-refractivity contribution in [1.29, 1.82) is 0 Å². The van der Waals surface area contributed by atoms with Crippen LogP contribution in [0.4, 0.5) is 30.8 Å². The molecule has 3 aromatic carbocycles. The number of anilines is 3. The van der Waals surface area contributed by atoms with E-state index in [-0.39, 0.29) is 53.3 Å². The summed E-state index contributed by atoms with van der Waals surface area (Å²) in [7, 11) is 3.08. The topological polar surface area (TPSA) is 109 Å². The molecule has 0 unspecified atom stereocenters. The fourth-order valence-electron chi connectivity index (χ4n) is 5.42. The van der Waals surface area contributed by atoms with Crippen LogP contribution in [0.3, 0.4) is 0 Å². The number of ether oxygens (including phenoxy) is 2. The normalized spacial score (nSPS) is 15.3. The van der Waals surface area contributed by atoms with Gasteiger partial charge in [0, 0.05) is 23.0 Å². The van der Waals surface area contributed by atoms with Gasteiger partial charge in [-0.1, -0.05) is 6.07 Å². The molecule has 6 rings (SSSR count). The second kappa shape index (κ2) is 11.1. The van der Waals surface area contributed by atoms with Crippen LogP contribution in [0.2, 0.25) is 0 Å². The number of hydrogen-bond donors (Lipinski definition) is 2. The molecule has 1 aromatic heterocycles. The molecule has 0 atom stereocenters. The van der Waals surface area contributed by atoms with Gasteiger partial charge >= 0.3 is 6.03 Å². The van der Waals surface area contributed by atoms with Crippen molar-refractivity contribution in [3.63, 3.8) is 0 Å². The van der Waals surface area contributed by atoms with Crippen LogP contribution in [-0.2, 0) is 13.1 Å². The smallest absolute Gasteiger partial charge is 0.322 e. The number of rotatable bonds is 8. The summed E-state index contributed by atoms with van der Waals surface area (Å²) in [5.74, 6) is -0.931. The summed E-state index contributed by atoms with van der Waals surface area (Å²) < 4.78 is 40.5. The number of urea groups is 1. The Balaban J connectivity index is 1.35. The maximum atomic E-state index is 14.8. The number of benzene rings is 3. The van der Waals surface area contributed by atoms with E-state index < -0.39 is 11.6 Å². The lowest BCUT2D eigenvalue weighted by Gasteiger charge is -2.18. The summed E-state index contributed by atoms with van der Waals surface area (Å²) in [5.41, 5.74) is 1.75. The highest BCUT2D eigenvalue weighted by atomic mass is 19.1. The molecule has 2 aliphatic rings. The molecule has 0 radical (unpaired) electrons. The molecule has 0 aliphatic carbocycles. The second-order valence-corrected chi connectivity index (χ2v) is 11.2. The van der Waals surface area contributed by atoms with Gasteiger partial charge in [0.2, 0.25) is 0 Å². The van der Waals surface area contributed by atoms with Crippen molar-refractivity contribution < 1.29 is 27.8 Å². The Morgan fingerprint density at radius 1 is 0.955 bits per heavy atom. The molecule has 1 saturated heterocycles. The lowest BCUT2D eigenvalue weighted by Crippen LogP contribution is -2.36. The fraction of sp³-hybridized carbons (Fsp3) is 0.250. The molecule has 0 saturated carbocycles. The number of carbonyl (C=O) groups excluding carboxylic acids is 2. The van der Waals surface area contributed by atoms with Gasteiger partial charge in [-0.15, -0.1) is 0 Å². The Kier molecular flexibility index (Phi) is 7.28. The zero-order chi connectivity index (χ0) is 31.2. The monoisotopic (exact) mass is 600 g/mol. The molecule has 0 bridgehead atoms. The minimum atomic E-state index is -0.823. The van der Waals surface area contributed by atoms with E-state index >= 15 is 0 Å². The molecule has 1 fully saturated rings. The van der Waals surface area contributed by atoms with Gasteiger partial charge in [0.15, 0.2) is 5.82 Å². The van der Waals surface area contributed by atoms with Crippen LogP contribution in [0.5, 0.6) is 11.5 Å². The van der Waals surface area contributed by atoms with E-state index in [0.29, 0.717) is 35.1 Å². The number of methoxy groups -OCH3 is 2. The minimum Gasteiger partial charge on any atom is -0.497 e. The van der Waals surface area contributed by atoms with Crippen LogP contribution in [0.1, 0.15) is 35.5 Å². The zero-order valence-electron chi connectivity index (χ0n) is 24.6. The standard InChI is InChI=1S/C32H30F2N6O4/c1-32(2)17-40(31(42)38-32)20-11-9-19(10-12-20)35-29-27-24(36-28(37-29)26-22(33)6-5-7-23(26)34)16-39(30(27)41)15-18-8-13-21(43-3)14-25(18)44-4/h5-14H,15-17H2,1-4H3,(H,38,42)(H,35,36,37). The van der Waals surface area contributed by atoms with Crippen LogP contribution in [0.15, 0.2) is 60.7 Å². The SMILES string of the molecule is COc1ccc(CN2Cc3nc(-c4c(F)cccc4F)nc(Nc4ccc(N5CC(C)(C)NC5=O)cc4)c3C2=O)c(OC)c1. The number of aromatic nitrogens is 2. The minimum absolute atomic E-state index is 0.0857. The molecule has 226 valence electrons. The van der Waals surface area contributed by atoms with Crippen molar-refractivity contribution in [3.8, 4) is 22.9 Å². The summed E-state index contributed by atoms with van der Waals surface area (Å²) >= 11 is 0. The van der Waals surface area contributed by atoms with Gasteiger partial charge in [0.05, 0.1) is 50.7 Å². The molecule has 12 heteroatoms. The van der Waals surface area contributed by atoms with Gasteiger partial charge < -0.3 is 25.0 Å². The van der Waals surface area contributed by atoms with E-state index in [2.05, 4.69) is 20.6 Å². The molecular weight excluding hydrogens is 570 g/mol. The molecule has 0 spiro atoms. The lowest BCUT2D eigenvalue weighted by atomic mass is 10.1. The quantitative estimate of drug-likeness (QED) is 0.269. The first-order valence-electron chi connectivity index (χ1n) is 13.9. The summed E-state index contributed by atoms with van der Waals surface area (Å²) in [5, 5.41) is 6.08. The van der Waals surface area contributed by atoms with E-state index in [1.165, 1.54) is 13.2 Å². The first-order valence-corrected chi connectivity index (χ1v) is 13.9. The Hall–Kier alpha value is -5.26. The van der Waals surface area contributed by atoms with Crippen LogP contribution < -0.4 is 25.0 Å². The van der Waals surface area contributed by atoms with Gasteiger partial charge in [0.1, 0.15) is 34.5 Å². The summed E-state index contributed by atoms with van der Waals surface area (Å²) in [6.07, 6.45) is 0. The van der Waals surface area contributed by atoms with E-state index in [1.807, 2.05) is 19.9 Å². The fourth-order valence-corrected chi connectivity index (χ4v) is 5.42. The molecule has 10 nitrogen and oxygen atoms in total.